The Morgan fingerprint density at radius 3 is 2.68 bits per heavy atom. The maximum atomic E-state index is 12.7. The minimum atomic E-state index is -0.602. The third-order valence-electron chi connectivity index (χ3n) is 4.48. The summed E-state index contributed by atoms with van der Waals surface area (Å²) in [6.45, 7) is 1.32. The normalized spacial score (nSPS) is 16.8. The van der Waals surface area contributed by atoms with Gasteiger partial charge in [0.25, 0.3) is 11.8 Å². The zero-order valence-electron chi connectivity index (χ0n) is 15.1. The van der Waals surface area contributed by atoms with Crippen molar-refractivity contribution >= 4 is 35.3 Å². The summed E-state index contributed by atoms with van der Waals surface area (Å²) in [5.41, 5.74) is 2.90. The fourth-order valence-corrected chi connectivity index (χ4v) is 3.19. The Hall–Kier alpha value is -2.90. The van der Waals surface area contributed by atoms with E-state index in [-0.39, 0.29) is 11.9 Å². The van der Waals surface area contributed by atoms with E-state index >= 15 is 0 Å². The Kier molecular flexibility index (Phi) is 6.62. The molecule has 2 aromatic rings. The van der Waals surface area contributed by atoms with Gasteiger partial charge in [-0.05, 0) is 60.9 Å². The van der Waals surface area contributed by atoms with Gasteiger partial charge >= 0.3 is 0 Å². The maximum absolute atomic E-state index is 12.7. The SMILES string of the molecule is O=C(C=Cc1ccc(N[C@@H]2CCCN(C(=O)c3ccc(Cl)cc3)C2)nc1)NO. The lowest BCUT2D eigenvalue weighted by Crippen LogP contribution is -2.45. The van der Waals surface area contributed by atoms with E-state index < -0.39 is 5.91 Å². The molecule has 1 aliphatic rings. The average Bonchev–Trinajstić information content (AvgIpc) is 2.73. The van der Waals surface area contributed by atoms with E-state index in [1.165, 1.54) is 11.6 Å². The van der Waals surface area contributed by atoms with Crippen molar-refractivity contribution in [2.45, 2.75) is 18.9 Å². The highest BCUT2D eigenvalue weighted by Crippen LogP contribution is 2.18. The van der Waals surface area contributed by atoms with Crippen molar-refractivity contribution in [3.8, 4) is 0 Å². The minimum Gasteiger partial charge on any atom is -0.366 e. The van der Waals surface area contributed by atoms with E-state index in [1.54, 1.807) is 36.5 Å². The number of pyridine rings is 1. The van der Waals surface area contributed by atoms with Gasteiger partial charge in [0.05, 0.1) is 0 Å². The van der Waals surface area contributed by atoms with E-state index in [9.17, 15) is 9.59 Å². The number of rotatable bonds is 5. The van der Waals surface area contributed by atoms with E-state index in [2.05, 4.69) is 10.3 Å². The van der Waals surface area contributed by atoms with E-state index in [0.717, 1.165) is 24.9 Å². The number of halogens is 1. The van der Waals surface area contributed by atoms with Crippen molar-refractivity contribution in [1.29, 1.82) is 0 Å². The molecule has 0 bridgehead atoms. The fraction of sp³-hybridized carbons (Fsp3) is 0.250. The summed E-state index contributed by atoms with van der Waals surface area (Å²) in [5, 5.41) is 12.4. The molecule has 3 N–H and O–H groups in total. The van der Waals surface area contributed by atoms with Crippen molar-refractivity contribution in [3.05, 3.63) is 64.8 Å². The third-order valence-corrected chi connectivity index (χ3v) is 4.73. The highest BCUT2D eigenvalue weighted by molar-refractivity contribution is 6.30. The topological polar surface area (TPSA) is 94.6 Å². The van der Waals surface area contributed by atoms with Crippen LogP contribution in [0.3, 0.4) is 0 Å². The highest BCUT2D eigenvalue weighted by Gasteiger charge is 2.24. The van der Waals surface area contributed by atoms with Crippen LogP contribution in [0.4, 0.5) is 5.82 Å². The molecule has 1 saturated heterocycles. The fourth-order valence-electron chi connectivity index (χ4n) is 3.06. The van der Waals surface area contributed by atoms with E-state index in [4.69, 9.17) is 16.8 Å². The Bertz CT molecular complexity index is 853. The molecule has 1 aliphatic heterocycles. The maximum Gasteiger partial charge on any atom is 0.267 e. The second-order valence-electron chi connectivity index (χ2n) is 6.53. The molecule has 2 amide bonds. The summed E-state index contributed by atoms with van der Waals surface area (Å²) in [4.78, 5) is 29.9. The van der Waals surface area contributed by atoms with Gasteiger partial charge in [-0.25, -0.2) is 10.5 Å². The number of anilines is 1. The number of piperidine rings is 1. The molecular formula is C20H21ClN4O3. The molecule has 0 aliphatic carbocycles. The van der Waals surface area contributed by atoms with Gasteiger partial charge in [-0.2, -0.15) is 0 Å². The van der Waals surface area contributed by atoms with Crippen LogP contribution in [0.15, 0.2) is 48.7 Å². The van der Waals surface area contributed by atoms with Gasteiger partial charge in [-0.3, -0.25) is 14.8 Å². The van der Waals surface area contributed by atoms with Crippen LogP contribution in [0.25, 0.3) is 6.08 Å². The number of likely N-dealkylation sites (tertiary alicyclic amines) is 1. The number of carbonyl (C=O) groups is 2. The van der Waals surface area contributed by atoms with Crippen molar-refractivity contribution < 1.29 is 14.8 Å². The highest BCUT2D eigenvalue weighted by atomic mass is 35.5. The molecule has 8 heteroatoms. The quantitative estimate of drug-likeness (QED) is 0.407. The molecule has 28 heavy (non-hydrogen) atoms. The van der Waals surface area contributed by atoms with Crippen LogP contribution in [-0.4, -0.2) is 46.0 Å². The van der Waals surface area contributed by atoms with Crippen LogP contribution in [0.2, 0.25) is 5.02 Å². The van der Waals surface area contributed by atoms with Crippen molar-refractivity contribution in [2.75, 3.05) is 18.4 Å². The van der Waals surface area contributed by atoms with Gasteiger partial charge < -0.3 is 10.2 Å². The second kappa shape index (κ2) is 9.34. The third kappa shape index (κ3) is 5.31. The first-order chi connectivity index (χ1) is 13.5. The summed E-state index contributed by atoms with van der Waals surface area (Å²) < 4.78 is 0. The summed E-state index contributed by atoms with van der Waals surface area (Å²) in [5.74, 6) is 0.100. The lowest BCUT2D eigenvalue weighted by molar-refractivity contribution is -0.124. The first kappa shape index (κ1) is 19.9. The van der Waals surface area contributed by atoms with Crippen LogP contribution in [0.5, 0.6) is 0 Å². The first-order valence-electron chi connectivity index (χ1n) is 8.95. The van der Waals surface area contributed by atoms with Crippen molar-refractivity contribution in [2.24, 2.45) is 0 Å². The molecule has 7 nitrogen and oxygen atoms in total. The number of amides is 2. The molecule has 1 aromatic carbocycles. The summed E-state index contributed by atoms with van der Waals surface area (Å²) in [6.07, 6.45) is 6.25. The van der Waals surface area contributed by atoms with E-state index in [0.29, 0.717) is 22.9 Å². The summed E-state index contributed by atoms with van der Waals surface area (Å²) in [6, 6.07) is 10.7. The van der Waals surface area contributed by atoms with Gasteiger partial charge in [0.1, 0.15) is 5.82 Å². The lowest BCUT2D eigenvalue weighted by atomic mass is 10.0. The predicted octanol–water partition coefficient (Wildman–Crippen LogP) is 2.97. The molecule has 3 rings (SSSR count). The zero-order valence-corrected chi connectivity index (χ0v) is 15.9. The Morgan fingerprint density at radius 1 is 1.21 bits per heavy atom. The largest absolute Gasteiger partial charge is 0.366 e. The number of hydrogen-bond acceptors (Lipinski definition) is 5. The van der Waals surface area contributed by atoms with Gasteiger partial charge in [-0.1, -0.05) is 11.6 Å². The van der Waals surface area contributed by atoms with Crippen LogP contribution in [0, 0.1) is 0 Å². The molecule has 1 aromatic heterocycles. The number of carbonyl (C=O) groups excluding carboxylic acids is 2. The lowest BCUT2D eigenvalue weighted by Gasteiger charge is -2.33. The molecule has 0 saturated carbocycles. The molecule has 1 atom stereocenters. The summed E-state index contributed by atoms with van der Waals surface area (Å²) in [7, 11) is 0. The summed E-state index contributed by atoms with van der Waals surface area (Å²) >= 11 is 5.89. The Balaban J connectivity index is 1.58. The zero-order chi connectivity index (χ0) is 19.9. The van der Waals surface area contributed by atoms with Gasteiger partial charge in [0.2, 0.25) is 0 Å². The second-order valence-corrected chi connectivity index (χ2v) is 6.96. The van der Waals surface area contributed by atoms with Crippen LogP contribution in [-0.2, 0) is 4.79 Å². The van der Waals surface area contributed by atoms with Gasteiger partial charge in [0, 0.05) is 42.0 Å². The van der Waals surface area contributed by atoms with Crippen molar-refractivity contribution in [3.63, 3.8) is 0 Å². The monoisotopic (exact) mass is 400 g/mol. The molecule has 0 unspecified atom stereocenters. The van der Waals surface area contributed by atoms with Gasteiger partial charge in [-0.15, -0.1) is 0 Å². The molecule has 146 valence electrons. The number of nitrogens with zero attached hydrogens (tertiary/aromatic N) is 2. The predicted molar refractivity (Wildman–Crippen MR) is 107 cm³/mol. The van der Waals surface area contributed by atoms with Crippen molar-refractivity contribution in [1.82, 2.24) is 15.4 Å². The Morgan fingerprint density at radius 2 is 2.00 bits per heavy atom. The number of benzene rings is 1. The van der Waals surface area contributed by atoms with Crippen LogP contribution < -0.4 is 10.8 Å². The first-order valence-corrected chi connectivity index (χ1v) is 9.32. The van der Waals surface area contributed by atoms with Gasteiger partial charge in [0.15, 0.2) is 0 Å². The molecule has 1 fully saturated rings. The van der Waals surface area contributed by atoms with Crippen LogP contribution >= 0.6 is 11.6 Å². The molecular weight excluding hydrogens is 380 g/mol. The number of hydroxylamine groups is 1. The van der Waals surface area contributed by atoms with E-state index in [1.807, 2.05) is 17.0 Å². The molecule has 2 heterocycles. The van der Waals surface area contributed by atoms with Crippen LogP contribution in [0.1, 0.15) is 28.8 Å². The number of nitrogens with one attached hydrogen (secondary N) is 2. The average molecular weight is 401 g/mol. The number of hydrogen-bond donors (Lipinski definition) is 3. The smallest absolute Gasteiger partial charge is 0.267 e. The standard InChI is InChI=1S/C20H21ClN4O3/c21-16-7-5-15(6-8-16)20(27)25-11-1-2-17(13-25)23-18-9-3-14(12-22-18)4-10-19(26)24-28/h3-10,12,17,28H,1-2,11,13H2,(H,22,23)(H,24,26)/t17-/m1/s1. The molecule has 0 radical (unpaired) electrons. The Labute approximate surface area is 168 Å². The number of aromatic nitrogens is 1. The minimum absolute atomic E-state index is 0.00114. The molecule has 0 spiro atoms.